The summed E-state index contributed by atoms with van der Waals surface area (Å²) in [5.41, 5.74) is 16.5. The van der Waals surface area contributed by atoms with Crippen LogP contribution in [0.4, 0.5) is 39.5 Å². The Balaban J connectivity index is -0.00000131. The molecule has 9 rings (SSSR count). The van der Waals surface area contributed by atoms with Crippen LogP contribution in [-0.4, -0.2) is 135 Å². The van der Waals surface area contributed by atoms with Crippen LogP contribution in [0.2, 0.25) is 0 Å². The molecule has 117 heavy (non-hydrogen) atoms. The van der Waals surface area contributed by atoms with Gasteiger partial charge in [0.25, 0.3) is 6.47 Å². The van der Waals surface area contributed by atoms with Crippen LogP contribution in [0.15, 0.2) is 160 Å². The SMILES string of the molecule is C1CCOC1.C=CC1CCCCC1O.CCOC(=O)C(F)(F)F.N#CCC(O)c1cccc(Br)c1.NCCC(O)c1cccc(/C=C/C2CCCCC2O)c1.NCCC(O)c1cccc(Br)c1.O=C(CCCC(O)c1cccc(/C=C/C2CCCCC2O)c1)C(F)(F)F.O=C(CCCC(O)c1cccc(Br)c1)C(F)(F)F.O=CO[O-].[H-].[K+].[K+]. The van der Waals surface area contributed by atoms with Crippen LogP contribution in [0.3, 0.4) is 0 Å². The fourth-order valence-corrected chi connectivity index (χ4v) is 12.9. The first-order valence-electron chi connectivity index (χ1n) is 37.9. The summed E-state index contributed by atoms with van der Waals surface area (Å²) in [7, 11) is 0. The number of ether oxygens (including phenoxy) is 2. The molecule has 4 fully saturated rings. The molecule has 12 N–H and O–H groups in total. The first-order valence-corrected chi connectivity index (χ1v) is 40.3. The van der Waals surface area contributed by atoms with E-state index < -0.39 is 79.4 Å². The molecule has 3 saturated carbocycles. The van der Waals surface area contributed by atoms with Gasteiger partial charge in [-0.2, -0.15) is 44.8 Å². The van der Waals surface area contributed by atoms with E-state index in [1.54, 1.807) is 48.5 Å². The maximum absolute atomic E-state index is 12.2. The topological polar surface area (TPSA) is 357 Å². The predicted molar refractivity (Wildman–Crippen MR) is 431 cm³/mol. The van der Waals surface area contributed by atoms with Crippen molar-refractivity contribution in [2.45, 2.75) is 222 Å². The van der Waals surface area contributed by atoms with E-state index in [0.29, 0.717) is 43.0 Å². The number of nitrogens with zero attached hydrogens (tertiary/aromatic N) is 1. The molecule has 1 heterocycles. The number of esters is 1. The Hall–Kier alpha value is -3.31. The summed E-state index contributed by atoms with van der Waals surface area (Å²) in [5, 5.41) is 94.8. The molecule has 5 aromatic carbocycles. The third kappa shape index (κ3) is 54.1. The second-order valence-electron chi connectivity index (χ2n) is 27.0. The third-order valence-electron chi connectivity index (χ3n) is 17.9. The van der Waals surface area contributed by atoms with Gasteiger partial charge in [-0.05, 0) is 197 Å². The van der Waals surface area contributed by atoms with Crippen molar-refractivity contribution >= 4 is 83.9 Å². The van der Waals surface area contributed by atoms with E-state index in [1.807, 2.05) is 97.1 Å². The number of nitrogens with two attached hydrogens (primary N) is 2. The summed E-state index contributed by atoms with van der Waals surface area (Å²) >= 11 is 9.86. The quantitative estimate of drug-likeness (QED) is 0.00493. The van der Waals surface area contributed by atoms with Gasteiger partial charge in [0.15, 0.2) is 0 Å². The zero-order valence-corrected chi connectivity index (χ0v) is 77.4. The van der Waals surface area contributed by atoms with E-state index in [4.69, 9.17) is 31.5 Å². The molecular weight excluding hydrogens is 1800 g/mol. The van der Waals surface area contributed by atoms with Gasteiger partial charge < -0.3 is 73.4 Å². The van der Waals surface area contributed by atoms with Crippen molar-refractivity contribution in [1.29, 1.82) is 5.26 Å². The van der Waals surface area contributed by atoms with E-state index in [9.17, 15) is 94.7 Å². The van der Waals surface area contributed by atoms with Crippen LogP contribution in [0, 0.1) is 29.1 Å². The number of hydrogen-bond acceptors (Lipinski definition) is 19. The van der Waals surface area contributed by atoms with Crippen LogP contribution in [-0.2, 0) is 33.5 Å². The van der Waals surface area contributed by atoms with E-state index >= 15 is 0 Å². The number of nitriles is 1. The zero-order valence-electron chi connectivity index (χ0n) is 67.3. The molecule has 4 aliphatic rings. The van der Waals surface area contributed by atoms with Crippen LogP contribution >= 0.6 is 47.8 Å². The summed E-state index contributed by atoms with van der Waals surface area (Å²) < 4.78 is 117. The maximum atomic E-state index is 12.2. The zero-order chi connectivity index (χ0) is 86.4. The Morgan fingerprint density at radius 1 is 0.538 bits per heavy atom. The standard InChI is InChI=1S/C20H25F3O3.C17H25NO2.C12H12BrF3O2.C9H12BrNO.C9H8BrNO.C8H14O.C4H5F3O2.C4H8O.CH2O3.2K.H/c21-20(22,23)19(26)10-4-9-18(25)16-7-3-5-14(13-16)11-12-15-6-1-2-8-17(15)24;18-11-10-17(20)15-6-3-4-13(12-15)8-9-14-5-1-2-7-16(14)19;13-9-4-1-3-8(7-9)10(17)5-2-6-11(18)12(14,15)16;2*10-8-3-1-2-7(6-8)9(12)4-5-11;1-2-7-5-3-4-6-8(7)9;1-2-9-3(8)4(5,6)7;1-2-4-5-3-1;2-1-4-3;;;/h3,5,7,11-13,15,17-18,24-25H,1-2,4,6,8-10H2;3-4,6,8-9,12,14,16-17,19-20H,1-2,5,7,10-11,18H2;1,3-4,7,10,17H,2,5-6H2;1-3,6,9,12H,4-5,11H2;1-3,6,9,12H,4H2;2,7-9H,1,3-6H2;2H2,1H3;1-4H2;1,3H;;;/q;;;;;;;;;2*+1;-1/p-1/b12-11+;9-8+;;;;;;;;;;. The smallest absolute Gasteiger partial charge is 1.00 e. The summed E-state index contributed by atoms with van der Waals surface area (Å²) in [6.07, 6.45) is 7.12. The minimum absolute atomic E-state index is 0. The second kappa shape index (κ2) is 67.2. The number of hydrogen-bond donors (Lipinski definition) is 10. The van der Waals surface area contributed by atoms with Crippen molar-refractivity contribution in [2.24, 2.45) is 29.2 Å². The summed E-state index contributed by atoms with van der Waals surface area (Å²) in [6, 6.07) is 38.8. The first-order chi connectivity index (χ1) is 54.5. The Kier molecular flexibility index (Phi) is 66.4. The van der Waals surface area contributed by atoms with Gasteiger partial charge in [0.05, 0.1) is 67.9 Å². The van der Waals surface area contributed by atoms with Gasteiger partial charge in [-0.25, -0.2) is 4.79 Å². The molecule has 0 radical (unpaired) electrons. The van der Waals surface area contributed by atoms with Gasteiger partial charge in [0.1, 0.15) is 0 Å². The van der Waals surface area contributed by atoms with Crippen molar-refractivity contribution in [3.63, 3.8) is 0 Å². The number of rotatable bonds is 25. The molecule has 5 aromatic rings. The second-order valence-corrected chi connectivity index (χ2v) is 29.7. The molecule has 3 aliphatic carbocycles. The minimum atomic E-state index is -4.85. The molecule has 19 nitrogen and oxygen atoms in total. The number of benzene rings is 5. The molecule has 11 atom stereocenters. The van der Waals surface area contributed by atoms with E-state index in [0.717, 1.165) is 112 Å². The first kappa shape index (κ1) is 116. The average molecular weight is 1910 g/mol. The molecule has 0 aromatic heterocycles. The number of alkyl halides is 9. The average Bonchev–Trinajstić information content (AvgIpc) is 0.994. The Morgan fingerprint density at radius 3 is 1.11 bits per heavy atom. The third-order valence-corrected chi connectivity index (χ3v) is 19.4. The van der Waals surface area contributed by atoms with Crippen molar-refractivity contribution in [3.8, 4) is 6.07 Å². The molecule has 1 saturated heterocycles. The number of halogens is 12. The van der Waals surface area contributed by atoms with Crippen molar-refractivity contribution in [1.82, 2.24) is 0 Å². The minimum Gasteiger partial charge on any atom is -1.00 e. The van der Waals surface area contributed by atoms with Crippen molar-refractivity contribution in [3.05, 3.63) is 198 Å². The van der Waals surface area contributed by atoms with Gasteiger partial charge in [-0.3, -0.25) is 14.4 Å². The van der Waals surface area contributed by atoms with Gasteiger partial charge in [0.2, 0.25) is 11.6 Å². The van der Waals surface area contributed by atoms with E-state index in [1.165, 1.54) is 39.0 Å². The fraction of sp³-hybridized carbons (Fsp3) is 0.512. The molecule has 0 amide bonds. The summed E-state index contributed by atoms with van der Waals surface area (Å²) in [4.78, 5) is 42.5. The molecule has 11 unspecified atom stereocenters. The van der Waals surface area contributed by atoms with Gasteiger partial charge in [-0.15, -0.1) is 6.58 Å². The summed E-state index contributed by atoms with van der Waals surface area (Å²) in [6.45, 7) is 7.54. The Bertz CT molecular complexity index is 3640. The van der Waals surface area contributed by atoms with Crippen LogP contribution < -0.4 is 119 Å². The number of ketones is 2. The monoisotopic (exact) mass is 1900 g/mol. The molecule has 644 valence electrons. The molecule has 33 heteroatoms. The molecule has 0 spiro atoms. The number of aliphatic hydroxyl groups is 8. The largest absolute Gasteiger partial charge is 1.00 e. The van der Waals surface area contributed by atoms with Gasteiger partial charge >= 0.3 is 127 Å². The van der Waals surface area contributed by atoms with E-state index in [-0.39, 0.29) is 180 Å². The number of carbonyl (C=O) groups excluding carboxylic acids is 4. The fourth-order valence-electron chi connectivity index (χ4n) is 11.6. The Morgan fingerprint density at radius 2 is 0.855 bits per heavy atom. The van der Waals surface area contributed by atoms with Gasteiger partial charge in [-0.1, -0.05) is 189 Å². The molecule has 1 aliphatic heterocycles. The van der Waals surface area contributed by atoms with Crippen molar-refractivity contribution < 1.29 is 223 Å². The van der Waals surface area contributed by atoms with Crippen LogP contribution in [0.25, 0.3) is 12.2 Å². The Labute approximate surface area is 792 Å². The van der Waals surface area contributed by atoms with E-state index in [2.05, 4.69) is 76.1 Å². The van der Waals surface area contributed by atoms with Crippen molar-refractivity contribution in [2.75, 3.05) is 32.9 Å². The number of aliphatic hydroxyl groups excluding tert-OH is 8. The summed E-state index contributed by atoms with van der Waals surface area (Å²) in [5.74, 6) is -4.87. The predicted octanol–water partition coefficient (Wildman–Crippen LogP) is 11.4. The molecule has 0 bridgehead atoms. The van der Waals surface area contributed by atoms with Gasteiger partial charge in [0, 0.05) is 57.2 Å². The van der Waals surface area contributed by atoms with Crippen LogP contribution in [0.1, 0.15) is 225 Å². The maximum Gasteiger partial charge on any atom is 1.00 e. The number of Topliss-reactive ketones (excluding diaryl/α,β-unsaturated/α-hetero) is 2. The van der Waals surface area contributed by atoms with Crippen LogP contribution in [0.5, 0.6) is 0 Å². The number of carbonyl (C=O) groups is 4. The normalized spacial score (nSPS) is 18.7. The molecular formula is C84H111Br3F9K2N3O16.